The number of carboxylic acid groups (broad SMARTS) is 1. The van der Waals surface area contributed by atoms with Crippen molar-refractivity contribution in [2.75, 3.05) is 0 Å². The third-order valence-electron chi connectivity index (χ3n) is 1.13. The van der Waals surface area contributed by atoms with Crippen LogP contribution in [0.25, 0.3) is 0 Å². The van der Waals surface area contributed by atoms with Crippen molar-refractivity contribution < 1.29 is 9.90 Å². The molecule has 3 nitrogen and oxygen atoms in total. The smallest absolute Gasteiger partial charge is 0.304 e. The first-order valence-corrected chi connectivity index (χ1v) is 4.52. The Balaban J connectivity index is 2.53. The van der Waals surface area contributed by atoms with Gasteiger partial charge in [0.1, 0.15) is 4.32 Å². The second kappa shape index (κ2) is 3.46. The van der Waals surface area contributed by atoms with Gasteiger partial charge < -0.3 is 10.4 Å². The monoisotopic (exact) mass is 207 g/mol. The second-order valence-electron chi connectivity index (χ2n) is 1.98. The molecule has 1 rings (SSSR count). The van der Waals surface area contributed by atoms with E-state index in [1.54, 1.807) is 0 Å². The number of aliphatic carboxylic acids is 1. The van der Waals surface area contributed by atoms with Crippen molar-refractivity contribution in [3.8, 4) is 0 Å². The Morgan fingerprint density at radius 1 is 1.73 bits per heavy atom. The summed E-state index contributed by atoms with van der Waals surface area (Å²) in [6.45, 7) is 0. The molecule has 0 aromatic carbocycles. The van der Waals surface area contributed by atoms with Crippen LogP contribution in [0.4, 0.5) is 0 Å². The maximum atomic E-state index is 10.3. The summed E-state index contributed by atoms with van der Waals surface area (Å²) in [5.74, 6) is -0.851. The zero-order chi connectivity index (χ0) is 8.43. The lowest BCUT2D eigenvalue weighted by molar-refractivity contribution is -0.136. The van der Waals surface area contributed by atoms with E-state index in [2.05, 4.69) is 5.32 Å². The Morgan fingerprint density at radius 2 is 2.36 bits per heavy atom. The number of rotatable bonds is 2. The Hall–Kier alpha value is -0.200. The van der Waals surface area contributed by atoms with Gasteiger partial charge in [-0.15, -0.1) is 0 Å². The molecule has 0 bridgehead atoms. The van der Waals surface area contributed by atoms with Gasteiger partial charge in [0, 0.05) is 0 Å². The van der Waals surface area contributed by atoms with E-state index in [1.165, 1.54) is 11.8 Å². The fraction of sp³-hybridized carbons (Fsp3) is 0.400. The minimum absolute atomic E-state index is 0.0383. The second-order valence-corrected chi connectivity index (χ2v) is 4.30. The van der Waals surface area contributed by atoms with E-state index in [0.717, 1.165) is 0 Å². The van der Waals surface area contributed by atoms with E-state index in [4.69, 9.17) is 29.5 Å². The van der Waals surface area contributed by atoms with Crippen molar-refractivity contribution in [1.29, 1.82) is 0 Å². The highest BCUT2D eigenvalue weighted by atomic mass is 32.2. The van der Waals surface area contributed by atoms with Crippen LogP contribution in [0.3, 0.4) is 0 Å². The van der Waals surface area contributed by atoms with Crippen LogP contribution in [0.15, 0.2) is 0 Å². The van der Waals surface area contributed by atoms with E-state index in [1.807, 2.05) is 0 Å². The summed E-state index contributed by atoms with van der Waals surface area (Å²) in [6.07, 6.45) is 0.0383. The van der Waals surface area contributed by atoms with Crippen LogP contribution >= 0.6 is 36.2 Å². The first-order valence-electron chi connectivity index (χ1n) is 2.83. The normalized spacial score (nSPS) is 23.5. The Bertz CT molecular complexity index is 228. The topological polar surface area (TPSA) is 49.3 Å². The Labute approximate surface area is 78.5 Å². The van der Waals surface area contributed by atoms with Gasteiger partial charge in [0.25, 0.3) is 0 Å². The highest BCUT2D eigenvalue weighted by Crippen LogP contribution is 2.22. The molecule has 1 aliphatic heterocycles. The van der Waals surface area contributed by atoms with Crippen molar-refractivity contribution in [2.24, 2.45) is 0 Å². The van der Waals surface area contributed by atoms with Gasteiger partial charge in [-0.2, -0.15) is 0 Å². The number of hydrogen-bond donors (Lipinski definition) is 2. The summed E-state index contributed by atoms with van der Waals surface area (Å²) in [5.41, 5.74) is 0. The van der Waals surface area contributed by atoms with Crippen molar-refractivity contribution >= 4 is 51.5 Å². The molecule has 0 spiro atoms. The SMILES string of the molecule is O=C(O)CC1SC(=S)NC1=S. The highest BCUT2D eigenvalue weighted by molar-refractivity contribution is 8.25. The van der Waals surface area contributed by atoms with Crippen LogP contribution < -0.4 is 5.32 Å². The minimum Gasteiger partial charge on any atom is -0.481 e. The average Bonchev–Trinajstić information content (AvgIpc) is 2.09. The molecular formula is C5H5NO2S3. The standard InChI is InChI=1S/C5H5NO2S3/c7-3(8)1-2-4(9)6-5(10)11-2/h2H,1H2,(H,7,8)(H,6,9,10). The lowest BCUT2D eigenvalue weighted by Gasteiger charge is -2.00. The van der Waals surface area contributed by atoms with E-state index in [0.29, 0.717) is 9.31 Å². The van der Waals surface area contributed by atoms with E-state index < -0.39 is 5.97 Å². The third kappa shape index (κ3) is 2.39. The summed E-state index contributed by atoms with van der Waals surface area (Å²) in [5, 5.41) is 11.0. The molecule has 1 aliphatic rings. The molecule has 1 saturated heterocycles. The van der Waals surface area contributed by atoms with Gasteiger partial charge in [0.2, 0.25) is 0 Å². The summed E-state index contributed by atoms with van der Waals surface area (Å²) in [4.78, 5) is 10.8. The van der Waals surface area contributed by atoms with E-state index in [-0.39, 0.29) is 11.7 Å². The molecule has 1 atom stereocenters. The Morgan fingerprint density at radius 3 is 2.73 bits per heavy atom. The third-order valence-corrected chi connectivity index (χ3v) is 3.06. The lowest BCUT2D eigenvalue weighted by Crippen LogP contribution is -2.23. The molecule has 1 unspecified atom stereocenters. The fourth-order valence-corrected chi connectivity index (χ4v) is 2.42. The summed E-state index contributed by atoms with van der Waals surface area (Å²) < 4.78 is 0.571. The molecule has 0 aromatic heterocycles. The molecule has 0 radical (unpaired) electrons. The fourth-order valence-electron chi connectivity index (χ4n) is 0.686. The number of carbonyl (C=O) groups is 1. The van der Waals surface area contributed by atoms with Gasteiger partial charge in [0.05, 0.1) is 16.7 Å². The van der Waals surface area contributed by atoms with Gasteiger partial charge in [0.15, 0.2) is 0 Å². The minimum atomic E-state index is -0.851. The van der Waals surface area contributed by atoms with Crippen molar-refractivity contribution in [2.45, 2.75) is 11.7 Å². The molecule has 0 amide bonds. The molecule has 6 heteroatoms. The predicted octanol–water partition coefficient (Wildman–Crippen LogP) is 0.778. The highest BCUT2D eigenvalue weighted by Gasteiger charge is 2.27. The number of carboxylic acids is 1. The quantitative estimate of drug-likeness (QED) is 0.653. The predicted molar refractivity (Wildman–Crippen MR) is 52.0 cm³/mol. The van der Waals surface area contributed by atoms with Crippen molar-refractivity contribution in [3.63, 3.8) is 0 Å². The van der Waals surface area contributed by atoms with Crippen LogP contribution in [-0.4, -0.2) is 25.6 Å². The Kier molecular flexibility index (Phi) is 2.80. The molecular weight excluding hydrogens is 202 g/mol. The molecule has 0 saturated carbocycles. The zero-order valence-electron chi connectivity index (χ0n) is 5.36. The van der Waals surface area contributed by atoms with Crippen LogP contribution in [0.1, 0.15) is 6.42 Å². The van der Waals surface area contributed by atoms with E-state index in [9.17, 15) is 4.79 Å². The van der Waals surface area contributed by atoms with Crippen LogP contribution in [0.2, 0.25) is 0 Å². The molecule has 2 N–H and O–H groups in total. The summed E-state index contributed by atoms with van der Waals surface area (Å²) in [7, 11) is 0. The summed E-state index contributed by atoms with van der Waals surface area (Å²) in [6, 6.07) is 0. The van der Waals surface area contributed by atoms with Gasteiger partial charge >= 0.3 is 5.97 Å². The molecule has 0 aromatic rings. The van der Waals surface area contributed by atoms with Gasteiger partial charge in [-0.1, -0.05) is 36.2 Å². The van der Waals surface area contributed by atoms with Crippen molar-refractivity contribution in [3.05, 3.63) is 0 Å². The van der Waals surface area contributed by atoms with Crippen LogP contribution in [0, 0.1) is 0 Å². The molecule has 0 aliphatic carbocycles. The lowest BCUT2D eigenvalue weighted by atomic mass is 10.3. The van der Waals surface area contributed by atoms with Gasteiger partial charge in [-0.3, -0.25) is 4.79 Å². The number of thiocarbonyl (C=S) groups is 2. The molecule has 11 heavy (non-hydrogen) atoms. The van der Waals surface area contributed by atoms with E-state index >= 15 is 0 Å². The largest absolute Gasteiger partial charge is 0.481 e. The number of nitrogens with one attached hydrogen (secondary N) is 1. The van der Waals surface area contributed by atoms with Gasteiger partial charge in [-0.05, 0) is 0 Å². The molecule has 1 fully saturated rings. The molecule has 60 valence electrons. The average molecular weight is 207 g/mol. The first kappa shape index (κ1) is 8.89. The number of hydrogen-bond acceptors (Lipinski definition) is 4. The van der Waals surface area contributed by atoms with Crippen molar-refractivity contribution in [1.82, 2.24) is 5.32 Å². The van der Waals surface area contributed by atoms with Gasteiger partial charge in [-0.25, -0.2) is 0 Å². The number of thioether (sulfide) groups is 1. The first-order chi connectivity index (χ1) is 5.09. The summed E-state index contributed by atoms with van der Waals surface area (Å²) >= 11 is 11.0. The maximum Gasteiger partial charge on any atom is 0.304 e. The zero-order valence-corrected chi connectivity index (χ0v) is 7.81. The maximum absolute atomic E-state index is 10.3. The van der Waals surface area contributed by atoms with Crippen LogP contribution in [0.5, 0.6) is 0 Å². The van der Waals surface area contributed by atoms with Crippen LogP contribution in [-0.2, 0) is 4.79 Å². The molecule has 1 heterocycles.